The zero-order chi connectivity index (χ0) is 32.4. The fraction of sp³-hybridized carbons (Fsp3) is 0.897. The van der Waals surface area contributed by atoms with Crippen molar-refractivity contribution < 1.29 is 24.5 Å². The second-order valence-corrected chi connectivity index (χ2v) is 13.2. The van der Waals surface area contributed by atoms with Gasteiger partial charge >= 0.3 is 5.97 Å². The number of hydrogen-bond acceptors (Lipinski definition) is 5. The maximum Gasteiger partial charge on any atom is 0.306 e. The van der Waals surface area contributed by atoms with Crippen LogP contribution in [0.15, 0.2) is 12.2 Å². The minimum atomic E-state index is -1.35. The minimum Gasteiger partial charge on any atom is -0.451 e. The topological polar surface area (TPSA) is 83.8 Å². The molecule has 0 bridgehead atoms. The van der Waals surface area contributed by atoms with Crippen molar-refractivity contribution in [3.8, 4) is 0 Å². The van der Waals surface area contributed by atoms with Gasteiger partial charge in [-0.15, -0.1) is 0 Å². The predicted molar refractivity (Wildman–Crippen MR) is 187 cm³/mol. The molecule has 260 valence electrons. The van der Waals surface area contributed by atoms with E-state index < -0.39 is 24.8 Å². The maximum absolute atomic E-state index is 12.7. The smallest absolute Gasteiger partial charge is 0.306 e. The van der Waals surface area contributed by atoms with Gasteiger partial charge in [0.15, 0.2) is 11.9 Å². The van der Waals surface area contributed by atoms with Crippen LogP contribution < -0.4 is 0 Å². The van der Waals surface area contributed by atoms with Crippen LogP contribution in [0.5, 0.6) is 0 Å². The van der Waals surface area contributed by atoms with Crippen molar-refractivity contribution in [3.63, 3.8) is 0 Å². The van der Waals surface area contributed by atoms with Crippen molar-refractivity contribution in [2.75, 3.05) is 6.61 Å². The maximum atomic E-state index is 12.7. The molecule has 2 N–H and O–H groups in total. The molecule has 2 atom stereocenters. The number of carbonyl (C=O) groups is 2. The highest BCUT2D eigenvalue weighted by atomic mass is 16.6. The monoisotopic (exact) mass is 623 g/mol. The van der Waals surface area contributed by atoms with Gasteiger partial charge in [0.25, 0.3) is 0 Å². The largest absolute Gasteiger partial charge is 0.451 e. The zero-order valence-corrected chi connectivity index (χ0v) is 29.3. The Kier molecular flexibility index (Phi) is 33.7. The van der Waals surface area contributed by atoms with Gasteiger partial charge in [-0.05, 0) is 38.5 Å². The minimum absolute atomic E-state index is 0.258. The fourth-order valence-corrected chi connectivity index (χ4v) is 5.81. The van der Waals surface area contributed by atoms with Gasteiger partial charge in [0, 0.05) is 12.8 Å². The third-order valence-corrected chi connectivity index (χ3v) is 8.78. The number of carbonyl (C=O) groups excluding carboxylic acids is 2. The van der Waals surface area contributed by atoms with E-state index in [1.54, 1.807) is 0 Å². The third-order valence-electron chi connectivity index (χ3n) is 8.78. The Morgan fingerprint density at radius 2 is 0.864 bits per heavy atom. The highest BCUT2D eigenvalue weighted by molar-refractivity contribution is 5.86. The average molecular weight is 623 g/mol. The molecule has 0 spiro atoms. The SMILES string of the molecule is CCCCCCCCC=CCCCCCCCC(=O)C(OC(=O)CCCCCCCCCCCCCCCCC)[C@@H](O)CO. The van der Waals surface area contributed by atoms with E-state index in [4.69, 9.17) is 4.74 Å². The molecule has 0 aromatic heterocycles. The number of ketones is 1. The molecule has 0 saturated heterocycles. The first-order valence-corrected chi connectivity index (χ1v) is 19.2. The van der Waals surface area contributed by atoms with Crippen LogP contribution >= 0.6 is 0 Å². The van der Waals surface area contributed by atoms with Gasteiger partial charge in [-0.2, -0.15) is 0 Å². The van der Waals surface area contributed by atoms with Crippen molar-refractivity contribution >= 4 is 11.8 Å². The van der Waals surface area contributed by atoms with Crippen LogP contribution in [0.4, 0.5) is 0 Å². The summed E-state index contributed by atoms with van der Waals surface area (Å²) in [5.41, 5.74) is 0. The molecule has 0 aromatic rings. The van der Waals surface area contributed by atoms with Gasteiger partial charge in [-0.25, -0.2) is 0 Å². The summed E-state index contributed by atoms with van der Waals surface area (Å²) in [4.78, 5) is 25.0. The van der Waals surface area contributed by atoms with Crippen LogP contribution in [0.2, 0.25) is 0 Å². The van der Waals surface area contributed by atoms with E-state index in [0.717, 1.165) is 51.4 Å². The number of allylic oxidation sites excluding steroid dienone is 2. The number of aliphatic hydroxyl groups excluding tert-OH is 2. The van der Waals surface area contributed by atoms with Crippen molar-refractivity contribution in [2.45, 2.75) is 219 Å². The Balaban J connectivity index is 3.79. The zero-order valence-electron chi connectivity index (χ0n) is 29.3. The van der Waals surface area contributed by atoms with Crippen molar-refractivity contribution in [2.24, 2.45) is 0 Å². The summed E-state index contributed by atoms with van der Waals surface area (Å²) in [5.74, 6) is -0.732. The van der Waals surface area contributed by atoms with Gasteiger partial charge < -0.3 is 14.9 Å². The number of esters is 1. The van der Waals surface area contributed by atoms with Crippen LogP contribution in [0, 0.1) is 0 Å². The number of unbranched alkanes of at least 4 members (excludes halogenated alkanes) is 25. The van der Waals surface area contributed by atoms with Crippen LogP contribution in [-0.2, 0) is 14.3 Å². The lowest BCUT2D eigenvalue weighted by Gasteiger charge is -2.20. The van der Waals surface area contributed by atoms with E-state index in [1.807, 2.05) is 0 Å². The molecule has 0 aliphatic heterocycles. The molecular formula is C39H74O5. The number of Topliss-reactive ketones (excluding diaryl/α,β-unsaturated/α-hetero) is 1. The Morgan fingerprint density at radius 3 is 1.25 bits per heavy atom. The Hall–Kier alpha value is -1.20. The first-order valence-electron chi connectivity index (χ1n) is 19.2. The summed E-state index contributed by atoms with van der Waals surface area (Å²) in [6, 6.07) is 0. The second kappa shape index (κ2) is 34.7. The second-order valence-electron chi connectivity index (χ2n) is 13.2. The average Bonchev–Trinajstić information content (AvgIpc) is 3.03. The molecule has 0 saturated carbocycles. The van der Waals surface area contributed by atoms with E-state index in [9.17, 15) is 19.8 Å². The van der Waals surface area contributed by atoms with Crippen molar-refractivity contribution in [1.29, 1.82) is 0 Å². The summed E-state index contributed by atoms with van der Waals surface area (Å²) in [7, 11) is 0. The van der Waals surface area contributed by atoms with E-state index in [-0.39, 0.29) is 18.6 Å². The molecule has 5 nitrogen and oxygen atoms in total. The molecule has 0 aromatic carbocycles. The molecule has 5 heteroatoms. The summed E-state index contributed by atoms with van der Waals surface area (Å²) >= 11 is 0. The lowest BCUT2D eigenvalue weighted by Crippen LogP contribution is -2.40. The third kappa shape index (κ3) is 29.5. The Morgan fingerprint density at radius 1 is 0.523 bits per heavy atom. The first kappa shape index (κ1) is 42.8. The molecule has 44 heavy (non-hydrogen) atoms. The predicted octanol–water partition coefficient (Wildman–Crippen LogP) is 11.1. The van der Waals surface area contributed by atoms with Crippen molar-refractivity contribution in [1.82, 2.24) is 0 Å². The normalized spacial score (nSPS) is 13.0. The standard InChI is InChI=1S/C39H74O5/c1-3-5-7-9-11-13-15-17-19-21-23-25-27-29-31-33-36(41)39(37(42)35-40)44-38(43)34-32-30-28-26-24-22-20-18-16-14-12-10-8-6-4-2/h17,19,37,39-40,42H,3-16,18,20-35H2,1-2H3/t37-,39?/m0/s1. The van der Waals surface area contributed by atoms with Gasteiger partial charge in [0.05, 0.1) is 6.61 Å². The Bertz CT molecular complexity index is 646. The van der Waals surface area contributed by atoms with Gasteiger partial charge in [0.1, 0.15) is 6.10 Å². The van der Waals surface area contributed by atoms with E-state index in [1.165, 1.54) is 128 Å². The molecule has 0 fully saturated rings. The van der Waals surface area contributed by atoms with Crippen LogP contribution in [-0.4, -0.2) is 40.8 Å². The van der Waals surface area contributed by atoms with Crippen molar-refractivity contribution in [3.05, 3.63) is 12.2 Å². The van der Waals surface area contributed by atoms with E-state index >= 15 is 0 Å². The number of hydrogen-bond donors (Lipinski definition) is 2. The van der Waals surface area contributed by atoms with Gasteiger partial charge in [-0.1, -0.05) is 167 Å². The number of ether oxygens (including phenoxy) is 1. The fourth-order valence-electron chi connectivity index (χ4n) is 5.81. The van der Waals surface area contributed by atoms with Gasteiger partial charge in [0.2, 0.25) is 0 Å². The first-order chi connectivity index (χ1) is 21.6. The molecule has 1 unspecified atom stereocenters. The van der Waals surface area contributed by atoms with Crippen LogP contribution in [0.3, 0.4) is 0 Å². The molecule has 0 amide bonds. The molecule has 0 aliphatic rings. The summed E-state index contributed by atoms with van der Waals surface area (Å²) in [6.07, 6.45) is 36.9. The van der Waals surface area contributed by atoms with E-state index in [2.05, 4.69) is 26.0 Å². The molecule has 0 rings (SSSR count). The lowest BCUT2D eigenvalue weighted by atomic mass is 10.0. The molecule has 0 heterocycles. The quantitative estimate of drug-likeness (QED) is 0.0417. The summed E-state index contributed by atoms with van der Waals surface area (Å²) in [6.45, 7) is 3.93. The lowest BCUT2D eigenvalue weighted by molar-refractivity contribution is -0.163. The van der Waals surface area contributed by atoms with Crippen LogP contribution in [0.25, 0.3) is 0 Å². The highest BCUT2D eigenvalue weighted by Crippen LogP contribution is 2.16. The molecule has 0 aliphatic carbocycles. The summed E-state index contributed by atoms with van der Waals surface area (Å²) < 4.78 is 5.35. The Labute approximate surface area is 273 Å². The number of aliphatic hydroxyl groups is 2. The highest BCUT2D eigenvalue weighted by Gasteiger charge is 2.29. The van der Waals surface area contributed by atoms with Crippen LogP contribution in [0.1, 0.15) is 206 Å². The summed E-state index contributed by atoms with van der Waals surface area (Å²) in [5, 5.41) is 19.5. The van der Waals surface area contributed by atoms with Gasteiger partial charge in [-0.3, -0.25) is 9.59 Å². The molecular weight excluding hydrogens is 548 g/mol. The number of rotatable bonds is 35. The van der Waals surface area contributed by atoms with E-state index in [0.29, 0.717) is 0 Å². The molecule has 0 radical (unpaired) electrons.